The second-order valence-electron chi connectivity index (χ2n) is 5.52. The summed E-state index contributed by atoms with van der Waals surface area (Å²) in [5.74, 6) is 0.342. The van der Waals surface area contributed by atoms with Gasteiger partial charge in [-0.25, -0.2) is 8.42 Å². The molecule has 0 bridgehead atoms. The first-order valence-corrected chi connectivity index (χ1v) is 8.66. The molecule has 5 nitrogen and oxygen atoms in total. The van der Waals surface area contributed by atoms with Gasteiger partial charge in [0, 0.05) is 19.2 Å². The molecule has 1 atom stereocenters. The number of benzene rings is 1. The fourth-order valence-electron chi connectivity index (χ4n) is 2.35. The average molecular weight is 390 g/mol. The van der Waals surface area contributed by atoms with Crippen LogP contribution in [0.2, 0.25) is 10.0 Å². The molecule has 2 N–H and O–H groups in total. The molecule has 1 fully saturated rings. The van der Waals surface area contributed by atoms with E-state index in [1.165, 1.54) is 23.5 Å². The van der Waals surface area contributed by atoms with Gasteiger partial charge in [-0.15, -0.1) is 12.4 Å². The van der Waals surface area contributed by atoms with Gasteiger partial charge in [-0.05, 0) is 24.4 Å². The minimum absolute atomic E-state index is 0. The third-order valence-corrected chi connectivity index (χ3v) is 6.45. The van der Waals surface area contributed by atoms with Crippen molar-refractivity contribution in [3.63, 3.8) is 0 Å². The Hall–Kier alpha value is -0.240. The normalized spacial score (nSPS) is 22.4. The zero-order chi connectivity index (χ0) is 15.8. The van der Waals surface area contributed by atoms with Crippen molar-refractivity contribution in [2.24, 2.45) is 11.1 Å². The van der Waals surface area contributed by atoms with E-state index >= 15 is 0 Å². The first-order valence-electron chi connectivity index (χ1n) is 6.47. The maximum Gasteiger partial charge on any atom is 0.244 e. The maximum atomic E-state index is 12.7. The monoisotopic (exact) mass is 388 g/mol. The first-order chi connectivity index (χ1) is 9.73. The van der Waals surface area contributed by atoms with Gasteiger partial charge in [0.05, 0.1) is 17.2 Å². The third kappa shape index (κ3) is 3.63. The fourth-order valence-corrected chi connectivity index (χ4v) is 4.77. The zero-order valence-electron chi connectivity index (χ0n) is 12.3. The number of ether oxygens (including phenoxy) is 1. The lowest BCUT2D eigenvalue weighted by molar-refractivity contribution is 0.349. The lowest BCUT2D eigenvalue weighted by Crippen LogP contribution is -2.34. The molecule has 0 saturated carbocycles. The molecule has 0 spiro atoms. The molecule has 126 valence electrons. The average Bonchev–Trinajstić information content (AvgIpc) is 2.85. The maximum absolute atomic E-state index is 12.7. The van der Waals surface area contributed by atoms with Crippen LogP contribution in [0.4, 0.5) is 0 Å². The van der Waals surface area contributed by atoms with Crippen molar-refractivity contribution in [2.45, 2.75) is 18.2 Å². The second kappa shape index (κ2) is 7.11. The SMILES string of the molecule is COc1cc(Cl)c(S(=O)(=O)N2CCC(C)(CN)C2)cc1Cl.Cl. The largest absolute Gasteiger partial charge is 0.495 e. The van der Waals surface area contributed by atoms with Crippen LogP contribution >= 0.6 is 35.6 Å². The number of nitrogens with zero attached hydrogens (tertiary/aromatic N) is 1. The summed E-state index contributed by atoms with van der Waals surface area (Å²) in [6.45, 7) is 3.23. The Kier molecular flexibility index (Phi) is 6.40. The smallest absolute Gasteiger partial charge is 0.244 e. The molecule has 2 rings (SSSR count). The lowest BCUT2D eigenvalue weighted by Gasteiger charge is -2.23. The molecule has 22 heavy (non-hydrogen) atoms. The van der Waals surface area contributed by atoms with E-state index in [1.807, 2.05) is 6.92 Å². The Morgan fingerprint density at radius 2 is 2.00 bits per heavy atom. The van der Waals surface area contributed by atoms with Crippen LogP contribution in [-0.4, -0.2) is 39.5 Å². The van der Waals surface area contributed by atoms with E-state index in [4.69, 9.17) is 33.7 Å². The highest BCUT2D eigenvalue weighted by Crippen LogP contribution is 2.38. The predicted octanol–water partition coefficient (Wildman–Crippen LogP) is 2.78. The molecule has 1 aromatic rings. The van der Waals surface area contributed by atoms with Gasteiger partial charge in [-0.3, -0.25) is 0 Å². The summed E-state index contributed by atoms with van der Waals surface area (Å²) in [6.07, 6.45) is 0.726. The van der Waals surface area contributed by atoms with Gasteiger partial charge < -0.3 is 10.5 Å². The summed E-state index contributed by atoms with van der Waals surface area (Å²) in [7, 11) is -2.25. The van der Waals surface area contributed by atoms with Gasteiger partial charge in [-0.1, -0.05) is 30.1 Å². The Bertz CT molecular complexity index is 654. The van der Waals surface area contributed by atoms with Gasteiger partial charge in [0.2, 0.25) is 10.0 Å². The van der Waals surface area contributed by atoms with E-state index < -0.39 is 10.0 Å². The van der Waals surface area contributed by atoms with Crippen LogP contribution in [0.3, 0.4) is 0 Å². The summed E-state index contributed by atoms with van der Waals surface area (Å²) in [5, 5.41) is 0.305. The lowest BCUT2D eigenvalue weighted by atomic mass is 9.90. The van der Waals surface area contributed by atoms with E-state index in [1.54, 1.807) is 0 Å². The van der Waals surface area contributed by atoms with Gasteiger partial charge in [0.15, 0.2) is 0 Å². The highest BCUT2D eigenvalue weighted by Gasteiger charge is 2.39. The van der Waals surface area contributed by atoms with Crippen LogP contribution in [-0.2, 0) is 10.0 Å². The van der Waals surface area contributed by atoms with E-state index in [9.17, 15) is 8.42 Å². The minimum Gasteiger partial charge on any atom is -0.495 e. The van der Waals surface area contributed by atoms with Gasteiger partial charge in [0.1, 0.15) is 10.6 Å². The number of hydrogen-bond acceptors (Lipinski definition) is 4. The molecule has 1 aromatic carbocycles. The number of rotatable bonds is 4. The van der Waals surface area contributed by atoms with Crippen LogP contribution in [0.15, 0.2) is 17.0 Å². The summed E-state index contributed by atoms with van der Waals surface area (Å²) in [6, 6.07) is 2.74. The molecule has 1 saturated heterocycles. The molecule has 0 aliphatic carbocycles. The van der Waals surface area contributed by atoms with Crippen LogP contribution < -0.4 is 10.5 Å². The molecule has 0 radical (unpaired) electrons. The van der Waals surface area contributed by atoms with E-state index in [0.29, 0.717) is 25.4 Å². The quantitative estimate of drug-likeness (QED) is 0.859. The van der Waals surface area contributed by atoms with Crippen LogP contribution in [0.1, 0.15) is 13.3 Å². The predicted molar refractivity (Wildman–Crippen MR) is 90.8 cm³/mol. The van der Waals surface area contributed by atoms with Gasteiger partial charge in [-0.2, -0.15) is 4.31 Å². The fraction of sp³-hybridized carbons (Fsp3) is 0.538. The molecule has 1 aliphatic heterocycles. The number of nitrogens with two attached hydrogens (primary N) is 1. The van der Waals surface area contributed by atoms with Crippen molar-refractivity contribution in [3.8, 4) is 5.75 Å². The molecule has 0 amide bonds. The number of methoxy groups -OCH3 is 1. The molecule has 0 aromatic heterocycles. The van der Waals surface area contributed by atoms with Crippen LogP contribution in [0.5, 0.6) is 5.75 Å². The van der Waals surface area contributed by atoms with Crippen molar-refractivity contribution in [2.75, 3.05) is 26.7 Å². The van der Waals surface area contributed by atoms with Gasteiger partial charge in [0.25, 0.3) is 0 Å². The van der Waals surface area contributed by atoms with E-state index in [-0.39, 0.29) is 32.8 Å². The number of hydrogen-bond donors (Lipinski definition) is 1. The van der Waals surface area contributed by atoms with Gasteiger partial charge >= 0.3 is 0 Å². The zero-order valence-corrected chi connectivity index (χ0v) is 15.4. The Balaban J connectivity index is 0.00000242. The number of sulfonamides is 1. The van der Waals surface area contributed by atoms with Crippen molar-refractivity contribution in [1.82, 2.24) is 4.31 Å². The van der Waals surface area contributed by atoms with Crippen molar-refractivity contribution >= 4 is 45.6 Å². The number of halogens is 3. The minimum atomic E-state index is -3.69. The van der Waals surface area contributed by atoms with Crippen molar-refractivity contribution < 1.29 is 13.2 Å². The Morgan fingerprint density at radius 1 is 1.36 bits per heavy atom. The molecular weight excluding hydrogens is 371 g/mol. The Labute approximate surface area is 147 Å². The Morgan fingerprint density at radius 3 is 2.50 bits per heavy atom. The second-order valence-corrected chi connectivity index (χ2v) is 8.24. The molecular formula is C13H19Cl3N2O3S. The van der Waals surface area contributed by atoms with E-state index in [2.05, 4.69) is 0 Å². The standard InChI is InChI=1S/C13H18Cl2N2O3S.ClH/c1-13(7-16)3-4-17(8-13)21(18,19)12-6-9(14)11(20-2)5-10(12)15;/h5-6H,3-4,7-8,16H2,1-2H3;1H. The highest BCUT2D eigenvalue weighted by molar-refractivity contribution is 7.89. The summed E-state index contributed by atoms with van der Waals surface area (Å²) < 4.78 is 31.9. The first kappa shape index (κ1) is 19.8. The van der Waals surface area contributed by atoms with Crippen molar-refractivity contribution in [1.29, 1.82) is 0 Å². The molecule has 9 heteroatoms. The van der Waals surface area contributed by atoms with Crippen molar-refractivity contribution in [3.05, 3.63) is 22.2 Å². The topological polar surface area (TPSA) is 72.6 Å². The van der Waals surface area contributed by atoms with Crippen LogP contribution in [0, 0.1) is 5.41 Å². The van der Waals surface area contributed by atoms with E-state index in [0.717, 1.165) is 6.42 Å². The third-order valence-electron chi connectivity index (χ3n) is 3.84. The summed E-state index contributed by atoms with van der Waals surface area (Å²) in [5.41, 5.74) is 5.52. The summed E-state index contributed by atoms with van der Waals surface area (Å²) in [4.78, 5) is -0.00348. The highest BCUT2D eigenvalue weighted by atomic mass is 35.5. The summed E-state index contributed by atoms with van der Waals surface area (Å²) >= 11 is 12.1. The molecule has 1 heterocycles. The molecule has 1 aliphatic rings. The van der Waals surface area contributed by atoms with Crippen LogP contribution in [0.25, 0.3) is 0 Å². The molecule has 1 unspecified atom stereocenters.